The van der Waals surface area contributed by atoms with Gasteiger partial charge in [0.2, 0.25) is 0 Å². The predicted molar refractivity (Wildman–Crippen MR) is 219 cm³/mol. The van der Waals surface area contributed by atoms with Crippen molar-refractivity contribution in [3.8, 4) is 67.5 Å². The molecule has 0 radical (unpaired) electrons. The number of aromatic hydroxyl groups is 1. The van der Waals surface area contributed by atoms with Gasteiger partial charge in [0.25, 0.3) is 0 Å². The number of para-hydroxylation sites is 2. The first kappa shape index (κ1) is 29.8. The predicted octanol–water partition coefficient (Wildman–Crippen LogP) is 12.7. The van der Waals surface area contributed by atoms with Crippen LogP contribution in [0.15, 0.2) is 152 Å². The van der Waals surface area contributed by atoms with Crippen molar-refractivity contribution < 1.29 is 34.4 Å². The van der Waals surface area contributed by atoms with Gasteiger partial charge in [-0.2, -0.15) is 0 Å². The van der Waals surface area contributed by atoms with E-state index in [1.54, 1.807) is 30.5 Å². The Morgan fingerprint density at radius 1 is 0.722 bits per heavy atom. The van der Waals surface area contributed by atoms with Crippen LogP contribution in [0.5, 0.6) is 5.75 Å². The Balaban J connectivity index is 0.00000544. The van der Waals surface area contributed by atoms with Crippen LogP contribution in [0.3, 0.4) is 0 Å². The van der Waals surface area contributed by atoms with Gasteiger partial charge in [-0.05, 0) is 70.0 Å². The van der Waals surface area contributed by atoms with E-state index >= 15 is 0 Å². The van der Waals surface area contributed by atoms with E-state index in [0.717, 1.165) is 44.6 Å². The summed E-state index contributed by atoms with van der Waals surface area (Å²) in [7, 11) is 0. The summed E-state index contributed by atoms with van der Waals surface area (Å²) in [5.41, 5.74) is 9.65. The number of benzene rings is 6. The largest absolute Gasteiger partial charge is 0.507 e. The van der Waals surface area contributed by atoms with E-state index < -0.39 is 24.0 Å². The van der Waals surface area contributed by atoms with Crippen molar-refractivity contribution in [1.29, 1.82) is 0 Å². The average Bonchev–Trinajstić information content (AvgIpc) is 3.61. The number of phenols is 1. The molecular formula is C49H42N3OPt-. The Bertz CT molecular complexity index is 2910. The molecule has 2 heterocycles. The molecule has 0 atom stereocenters. The van der Waals surface area contributed by atoms with Gasteiger partial charge in [0.05, 0.1) is 29.1 Å². The smallest absolute Gasteiger partial charge is 0.148 e. The average molecular weight is 890 g/mol. The van der Waals surface area contributed by atoms with E-state index in [1.165, 1.54) is 0 Å². The van der Waals surface area contributed by atoms with Gasteiger partial charge in [-0.1, -0.05) is 143 Å². The number of rotatable bonds is 7. The zero-order chi connectivity index (χ0) is 42.0. The van der Waals surface area contributed by atoms with Gasteiger partial charge >= 0.3 is 0 Å². The quantitative estimate of drug-likeness (QED) is 0.162. The van der Waals surface area contributed by atoms with Crippen LogP contribution in [0.1, 0.15) is 59.9 Å². The molecule has 54 heavy (non-hydrogen) atoms. The minimum atomic E-state index is -0.846. The van der Waals surface area contributed by atoms with Crippen molar-refractivity contribution in [2.75, 3.05) is 0 Å². The van der Waals surface area contributed by atoms with Crippen molar-refractivity contribution in [1.82, 2.24) is 14.5 Å². The minimum Gasteiger partial charge on any atom is -0.507 e. The summed E-state index contributed by atoms with van der Waals surface area (Å²) < 4.78 is 52.8. The van der Waals surface area contributed by atoms with Crippen LogP contribution in [0, 0.1) is 6.07 Å². The Labute approximate surface area is 340 Å². The molecule has 0 saturated heterocycles. The van der Waals surface area contributed by atoms with Crippen LogP contribution in [0.4, 0.5) is 0 Å². The number of hydrogen-bond donors (Lipinski definition) is 1. The fourth-order valence-corrected chi connectivity index (χ4v) is 6.71. The van der Waals surface area contributed by atoms with Crippen LogP contribution in [0.25, 0.3) is 72.7 Å². The van der Waals surface area contributed by atoms with Gasteiger partial charge in [0.1, 0.15) is 11.6 Å². The molecule has 0 unspecified atom stereocenters. The molecule has 5 heteroatoms. The van der Waals surface area contributed by atoms with E-state index in [1.807, 2.05) is 80.6 Å². The maximum atomic E-state index is 11.3. The molecule has 8 aromatic rings. The van der Waals surface area contributed by atoms with Crippen molar-refractivity contribution in [2.24, 2.45) is 0 Å². The zero-order valence-electron chi connectivity index (χ0n) is 36.7. The van der Waals surface area contributed by atoms with Crippen molar-refractivity contribution in [3.63, 3.8) is 0 Å². The van der Waals surface area contributed by atoms with E-state index in [0.29, 0.717) is 33.7 Å². The number of fused-ring (bicyclic) bond motifs is 1. The molecule has 0 aliphatic heterocycles. The molecular weight excluding hydrogens is 842 g/mol. The molecule has 0 aliphatic carbocycles. The van der Waals surface area contributed by atoms with Gasteiger partial charge in [0, 0.05) is 39.9 Å². The molecule has 6 aromatic carbocycles. The Kier molecular flexibility index (Phi) is 8.31. The second-order valence-electron chi connectivity index (χ2n) is 14.4. The first-order valence-electron chi connectivity index (χ1n) is 20.6. The molecule has 0 saturated carbocycles. The minimum absolute atomic E-state index is 0. The maximum Gasteiger partial charge on any atom is 0.148 e. The number of pyridine rings is 1. The summed E-state index contributed by atoms with van der Waals surface area (Å²) in [4.78, 5) is 10.0. The number of phenolic OH excluding ortho intramolecular Hbond substituents is 1. The second-order valence-corrected chi connectivity index (χ2v) is 14.4. The Morgan fingerprint density at radius 3 is 2.19 bits per heavy atom. The first-order chi connectivity index (χ1) is 28.0. The monoisotopic (exact) mass is 889 g/mol. The van der Waals surface area contributed by atoms with Crippen molar-refractivity contribution in [3.05, 3.63) is 169 Å². The summed E-state index contributed by atoms with van der Waals surface area (Å²) in [5.74, 6) is -0.216. The van der Waals surface area contributed by atoms with E-state index in [9.17, 15) is 5.11 Å². The SMILES string of the molecule is [2H]c1c([2H])c([2H])c(-c2ccnc(-c3[c-]c(-c4cccc5c4nc(-c4ccccc4O)n5-c4ccc(C([2H])(C)C)cc4-c4ccccc4)cc(C(C)(C)C)c3)c2)c([2H])c1[2H].[Pt]. The molecule has 270 valence electrons. The molecule has 0 spiro atoms. The molecule has 4 nitrogen and oxygen atoms in total. The topological polar surface area (TPSA) is 50.9 Å². The van der Waals surface area contributed by atoms with E-state index in [2.05, 4.69) is 55.7 Å². The summed E-state index contributed by atoms with van der Waals surface area (Å²) >= 11 is 0. The third-order valence-corrected chi connectivity index (χ3v) is 9.58. The van der Waals surface area contributed by atoms with Crippen LogP contribution >= 0.6 is 0 Å². The Morgan fingerprint density at radius 2 is 1.44 bits per heavy atom. The van der Waals surface area contributed by atoms with Crippen LogP contribution in [-0.4, -0.2) is 19.6 Å². The Hall–Kier alpha value is -5.57. The summed E-state index contributed by atoms with van der Waals surface area (Å²) in [6.45, 7) is 10.1. The summed E-state index contributed by atoms with van der Waals surface area (Å²) in [6.07, 6.45) is 1.58. The zero-order valence-corrected chi connectivity index (χ0v) is 32.9. The van der Waals surface area contributed by atoms with Crippen LogP contribution in [-0.2, 0) is 26.5 Å². The maximum absolute atomic E-state index is 11.3. The molecule has 1 N–H and O–H groups in total. The van der Waals surface area contributed by atoms with Gasteiger partial charge < -0.3 is 5.11 Å². The fourth-order valence-electron chi connectivity index (χ4n) is 6.71. The number of hydrogen-bond acceptors (Lipinski definition) is 3. The number of imidazole rings is 1. The van der Waals surface area contributed by atoms with Gasteiger partial charge in [-0.15, -0.1) is 29.3 Å². The number of aromatic nitrogens is 3. The molecule has 0 amide bonds. The first-order valence-corrected chi connectivity index (χ1v) is 17.6. The molecule has 0 fully saturated rings. The molecule has 0 bridgehead atoms. The van der Waals surface area contributed by atoms with Crippen molar-refractivity contribution >= 4 is 11.0 Å². The van der Waals surface area contributed by atoms with E-state index in [4.69, 9.17) is 18.2 Å². The molecule has 8 rings (SSSR count). The van der Waals surface area contributed by atoms with Gasteiger partial charge in [0.15, 0.2) is 0 Å². The van der Waals surface area contributed by atoms with Crippen molar-refractivity contribution in [2.45, 2.75) is 45.9 Å². The summed E-state index contributed by atoms with van der Waals surface area (Å²) in [5, 5.41) is 11.3. The molecule has 2 aromatic heterocycles. The van der Waals surface area contributed by atoms with Gasteiger partial charge in [-0.25, -0.2) is 4.98 Å². The second kappa shape index (κ2) is 15.0. The third-order valence-electron chi connectivity index (χ3n) is 9.58. The third kappa shape index (κ3) is 7.07. The van der Waals surface area contributed by atoms with Crippen LogP contribution in [0.2, 0.25) is 0 Å². The number of nitrogens with zero attached hydrogens (tertiary/aromatic N) is 3. The fraction of sp³-hybridized carbons (Fsp3) is 0.143. The standard InChI is InChI=1S/C49H42N3O.Pt/c1-32(2)35-23-24-44(42(30-35)34-17-10-7-11-18-34)52-45-21-14-20-40(47(45)51-48(52)41-19-12-13-22-46(41)53)37-27-38(29-39(28-37)49(3,4)5)43-31-36(25-26-50-43)33-15-8-6-9-16-33;/h6-26,28-32,53H,1-5H3;/q-1;/i6D,8D,9D,15D,16D,32D;. The normalized spacial score (nSPS) is 13.3. The summed E-state index contributed by atoms with van der Waals surface area (Å²) in [6, 6.07) is 38.7. The molecule has 0 aliphatic rings. The van der Waals surface area contributed by atoms with Gasteiger partial charge in [-0.3, -0.25) is 9.55 Å². The van der Waals surface area contributed by atoms with Crippen LogP contribution < -0.4 is 0 Å². The van der Waals surface area contributed by atoms with E-state index in [-0.39, 0.29) is 49.9 Å².